The molecule has 3 heteroatoms. The van der Waals surface area contributed by atoms with Gasteiger partial charge in [-0.3, -0.25) is 0 Å². The molecule has 0 heterocycles. The van der Waals surface area contributed by atoms with Gasteiger partial charge in [-0.25, -0.2) is 0 Å². The van der Waals surface area contributed by atoms with Gasteiger partial charge in [0.15, 0.2) is 0 Å². The second kappa shape index (κ2) is 5.69. The lowest BCUT2D eigenvalue weighted by Gasteiger charge is -2.01. The topological polar surface area (TPSA) is 0 Å². The highest BCUT2D eigenvalue weighted by Gasteiger charge is 1.98. The minimum Gasteiger partial charge on any atom is -1.00 e. The SMILES string of the molecule is CCCc1ccc(Cl)cc1Cl.[Cl-]. The number of aryl methyl sites for hydroxylation is 1. The first-order valence-electron chi connectivity index (χ1n) is 3.68. The van der Waals surface area contributed by atoms with E-state index < -0.39 is 0 Å². The monoisotopic (exact) mass is 223 g/mol. The van der Waals surface area contributed by atoms with Crippen molar-refractivity contribution in [3.8, 4) is 0 Å². The second-order valence-electron chi connectivity index (χ2n) is 2.49. The molecule has 0 aromatic heterocycles. The lowest BCUT2D eigenvalue weighted by molar-refractivity contribution is -0.00000214. The van der Waals surface area contributed by atoms with Gasteiger partial charge in [0.25, 0.3) is 0 Å². The van der Waals surface area contributed by atoms with Gasteiger partial charge in [0.1, 0.15) is 0 Å². The fourth-order valence-corrected chi connectivity index (χ4v) is 1.50. The summed E-state index contributed by atoms with van der Waals surface area (Å²) in [6, 6.07) is 5.64. The van der Waals surface area contributed by atoms with Crippen LogP contribution in [0.5, 0.6) is 0 Å². The van der Waals surface area contributed by atoms with E-state index in [1.54, 1.807) is 6.07 Å². The van der Waals surface area contributed by atoms with Crippen molar-refractivity contribution >= 4 is 23.2 Å². The standard InChI is InChI=1S/C9H10Cl2.ClH/c1-2-3-7-4-5-8(10)6-9(7)11;/h4-6H,2-3H2,1H3;1H/p-1. The summed E-state index contributed by atoms with van der Waals surface area (Å²) in [4.78, 5) is 0. The summed E-state index contributed by atoms with van der Waals surface area (Å²) in [5.74, 6) is 0. The predicted octanol–water partition coefficient (Wildman–Crippen LogP) is 0.950. The minimum absolute atomic E-state index is 0. The van der Waals surface area contributed by atoms with E-state index in [0.717, 1.165) is 17.9 Å². The van der Waals surface area contributed by atoms with Gasteiger partial charge in [-0.05, 0) is 24.1 Å². The Morgan fingerprint density at radius 1 is 1.25 bits per heavy atom. The molecule has 1 aromatic rings. The Hall–Kier alpha value is 0.0900. The van der Waals surface area contributed by atoms with Crippen molar-refractivity contribution in [3.63, 3.8) is 0 Å². The van der Waals surface area contributed by atoms with Crippen LogP contribution < -0.4 is 12.4 Å². The van der Waals surface area contributed by atoms with E-state index in [-0.39, 0.29) is 12.4 Å². The van der Waals surface area contributed by atoms with Gasteiger partial charge in [-0.15, -0.1) is 0 Å². The average molecular weight is 225 g/mol. The third kappa shape index (κ3) is 3.22. The van der Waals surface area contributed by atoms with Gasteiger partial charge in [0.2, 0.25) is 0 Å². The largest absolute Gasteiger partial charge is 1.00 e. The summed E-state index contributed by atoms with van der Waals surface area (Å²) in [5, 5.41) is 1.48. The van der Waals surface area contributed by atoms with Gasteiger partial charge in [-0.1, -0.05) is 42.6 Å². The maximum Gasteiger partial charge on any atom is 0.0452 e. The molecule has 0 aliphatic carbocycles. The highest BCUT2D eigenvalue weighted by atomic mass is 35.5. The lowest BCUT2D eigenvalue weighted by Crippen LogP contribution is -3.00. The molecule has 0 atom stereocenters. The van der Waals surface area contributed by atoms with E-state index in [9.17, 15) is 0 Å². The molecule has 0 nitrogen and oxygen atoms in total. The molecule has 0 aliphatic rings. The second-order valence-corrected chi connectivity index (χ2v) is 3.33. The van der Waals surface area contributed by atoms with Crippen LogP contribution in [-0.4, -0.2) is 0 Å². The zero-order valence-corrected chi connectivity index (χ0v) is 9.05. The Labute approximate surface area is 89.3 Å². The van der Waals surface area contributed by atoms with Crippen LogP contribution in [0.3, 0.4) is 0 Å². The van der Waals surface area contributed by atoms with Crippen LogP contribution in [0.1, 0.15) is 18.9 Å². The third-order valence-corrected chi connectivity index (χ3v) is 2.12. The van der Waals surface area contributed by atoms with Crippen LogP contribution >= 0.6 is 23.2 Å². The molecule has 68 valence electrons. The molecule has 0 unspecified atom stereocenters. The van der Waals surface area contributed by atoms with E-state index in [1.165, 1.54) is 5.56 Å². The van der Waals surface area contributed by atoms with Crippen LogP contribution in [0, 0.1) is 0 Å². The zero-order chi connectivity index (χ0) is 8.27. The Morgan fingerprint density at radius 2 is 1.92 bits per heavy atom. The first kappa shape index (κ1) is 12.1. The van der Waals surface area contributed by atoms with Gasteiger partial charge in [0, 0.05) is 10.0 Å². The molecule has 0 bridgehead atoms. The van der Waals surface area contributed by atoms with Gasteiger partial charge in [0.05, 0.1) is 0 Å². The Balaban J connectivity index is 0.00000121. The fraction of sp³-hybridized carbons (Fsp3) is 0.333. The van der Waals surface area contributed by atoms with E-state index in [0.29, 0.717) is 5.02 Å². The van der Waals surface area contributed by atoms with Crippen LogP contribution in [-0.2, 0) is 6.42 Å². The molecule has 0 aliphatic heterocycles. The van der Waals surface area contributed by atoms with Crippen molar-refractivity contribution in [2.75, 3.05) is 0 Å². The maximum absolute atomic E-state index is 5.92. The molecule has 0 radical (unpaired) electrons. The molecule has 12 heavy (non-hydrogen) atoms. The number of hydrogen-bond acceptors (Lipinski definition) is 0. The van der Waals surface area contributed by atoms with Crippen LogP contribution in [0.4, 0.5) is 0 Å². The Morgan fingerprint density at radius 3 is 2.42 bits per heavy atom. The maximum atomic E-state index is 5.92. The summed E-state index contributed by atoms with van der Waals surface area (Å²) < 4.78 is 0. The van der Waals surface area contributed by atoms with Gasteiger partial charge in [-0.2, -0.15) is 0 Å². The highest BCUT2D eigenvalue weighted by molar-refractivity contribution is 6.35. The summed E-state index contributed by atoms with van der Waals surface area (Å²) in [6.45, 7) is 2.13. The first-order chi connectivity index (χ1) is 5.24. The average Bonchev–Trinajstić information content (AvgIpc) is 1.95. The summed E-state index contributed by atoms with van der Waals surface area (Å²) >= 11 is 11.7. The molecular formula is C9H10Cl3-. The molecule has 0 spiro atoms. The van der Waals surface area contributed by atoms with Crippen molar-refractivity contribution in [2.45, 2.75) is 19.8 Å². The predicted molar refractivity (Wildman–Crippen MR) is 50.5 cm³/mol. The molecule has 0 N–H and O–H groups in total. The fourth-order valence-electron chi connectivity index (χ4n) is 0.994. The molecular weight excluding hydrogens is 214 g/mol. The van der Waals surface area contributed by atoms with Gasteiger partial charge < -0.3 is 12.4 Å². The molecule has 1 rings (SSSR count). The quantitative estimate of drug-likeness (QED) is 0.702. The smallest absolute Gasteiger partial charge is 0.0452 e. The third-order valence-electron chi connectivity index (χ3n) is 1.53. The van der Waals surface area contributed by atoms with Gasteiger partial charge >= 0.3 is 0 Å². The molecule has 0 saturated carbocycles. The molecule has 0 saturated heterocycles. The molecule has 1 aromatic carbocycles. The Kier molecular flexibility index (Phi) is 5.73. The minimum atomic E-state index is 0. The number of halogens is 3. The van der Waals surface area contributed by atoms with Crippen molar-refractivity contribution in [2.24, 2.45) is 0 Å². The lowest BCUT2D eigenvalue weighted by atomic mass is 10.1. The summed E-state index contributed by atoms with van der Waals surface area (Å²) in [7, 11) is 0. The number of hydrogen-bond donors (Lipinski definition) is 0. The van der Waals surface area contributed by atoms with Crippen LogP contribution in [0.15, 0.2) is 18.2 Å². The van der Waals surface area contributed by atoms with E-state index in [1.807, 2.05) is 12.1 Å². The van der Waals surface area contributed by atoms with E-state index in [4.69, 9.17) is 23.2 Å². The van der Waals surface area contributed by atoms with Crippen molar-refractivity contribution in [3.05, 3.63) is 33.8 Å². The highest BCUT2D eigenvalue weighted by Crippen LogP contribution is 2.21. The van der Waals surface area contributed by atoms with Crippen molar-refractivity contribution < 1.29 is 12.4 Å². The summed E-state index contributed by atoms with van der Waals surface area (Å²) in [5.41, 5.74) is 1.18. The van der Waals surface area contributed by atoms with E-state index >= 15 is 0 Å². The normalized spacial score (nSPS) is 9.25. The molecule has 0 amide bonds. The number of rotatable bonds is 2. The molecule has 0 fully saturated rings. The van der Waals surface area contributed by atoms with Crippen molar-refractivity contribution in [1.29, 1.82) is 0 Å². The van der Waals surface area contributed by atoms with Crippen molar-refractivity contribution in [1.82, 2.24) is 0 Å². The first-order valence-corrected chi connectivity index (χ1v) is 4.43. The van der Waals surface area contributed by atoms with Crippen LogP contribution in [0.25, 0.3) is 0 Å². The Bertz CT molecular complexity index is 246. The van der Waals surface area contributed by atoms with E-state index in [2.05, 4.69) is 6.92 Å². The van der Waals surface area contributed by atoms with Crippen LogP contribution in [0.2, 0.25) is 10.0 Å². The summed E-state index contributed by atoms with van der Waals surface area (Å²) in [6.07, 6.45) is 2.14. The number of benzene rings is 1. The zero-order valence-electron chi connectivity index (χ0n) is 6.78.